The summed E-state index contributed by atoms with van der Waals surface area (Å²) in [5.41, 5.74) is 6.78. The number of phosphoric acid groups is 1. The largest absolute Gasteiger partial charge is 0.466 e. The van der Waals surface area contributed by atoms with Gasteiger partial charge in [0, 0.05) is 0 Å². The van der Waals surface area contributed by atoms with Crippen molar-refractivity contribution in [2.24, 2.45) is 0 Å². The van der Waals surface area contributed by atoms with Gasteiger partial charge in [-0.05, 0) is 0 Å². The molecule has 0 aliphatic carbocycles. The number of aliphatic hydroxyl groups is 5. The smallest absolute Gasteiger partial charge is 0.394 e. The topological polar surface area (TPSA) is 276 Å². The molecule has 27 heavy (non-hydrogen) atoms. The first-order valence-electron chi connectivity index (χ1n) is 6.88. The average molecular weight is 413 g/mol. The van der Waals surface area contributed by atoms with E-state index < -0.39 is 38.8 Å². The minimum Gasteiger partial charge on any atom is -0.394 e. The van der Waals surface area contributed by atoms with Gasteiger partial charge in [-0.25, -0.2) is 19.5 Å². The third-order valence-corrected chi connectivity index (χ3v) is 2.67. The van der Waals surface area contributed by atoms with E-state index in [1.807, 2.05) is 0 Å². The van der Waals surface area contributed by atoms with Crippen molar-refractivity contribution in [1.82, 2.24) is 19.9 Å². The van der Waals surface area contributed by atoms with Gasteiger partial charge in [-0.2, -0.15) is 0 Å². The third-order valence-electron chi connectivity index (χ3n) is 2.67. The van der Waals surface area contributed by atoms with E-state index in [4.69, 9.17) is 50.5 Å². The Bertz CT molecular complexity index is 731. The van der Waals surface area contributed by atoms with Crippen LogP contribution in [-0.4, -0.2) is 97.5 Å². The fraction of sp³-hybridized carbons (Fsp3) is 0.455. The lowest BCUT2D eigenvalue weighted by molar-refractivity contribution is -0.136. The molecule has 15 nitrogen and oxygen atoms in total. The molecular formula is C11H20N5O10P. The zero-order valence-electron chi connectivity index (χ0n) is 13.5. The van der Waals surface area contributed by atoms with Gasteiger partial charge in [0.25, 0.3) is 0 Å². The molecule has 0 fully saturated rings. The van der Waals surface area contributed by atoms with Crippen molar-refractivity contribution < 1.29 is 49.6 Å². The van der Waals surface area contributed by atoms with E-state index in [0.29, 0.717) is 17.0 Å². The second-order valence-electron chi connectivity index (χ2n) is 4.73. The predicted molar refractivity (Wildman–Crippen MR) is 87.5 cm³/mol. The second-order valence-corrected chi connectivity index (χ2v) is 5.76. The molecule has 0 aliphatic rings. The number of nitrogens with zero attached hydrogens (tertiary/aromatic N) is 3. The molecule has 2 aromatic rings. The van der Waals surface area contributed by atoms with Gasteiger partial charge in [-0.3, -0.25) is 0 Å². The number of rotatable bonds is 5. The highest BCUT2D eigenvalue weighted by Crippen LogP contribution is 2.25. The average Bonchev–Trinajstić information content (AvgIpc) is 3.08. The molecule has 0 radical (unpaired) electrons. The molecule has 0 bridgehead atoms. The number of aromatic amines is 1. The summed E-state index contributed by atoms with van der Waals surface area (Å²) in [4.78, 5) is 45.8. The van der Waals surface area contributed by atoms with Crippen molar-refractivity contribution in [3.63, 3.8) is 0 Å². The maximum atomic E-state index is 9.90. The monoisotopic (exact) mass is 413 g/mol. The van der Waals surface area contributed by atoms with Gasteiger partial charge in [0.15, 0.2) is 17.8 Å². The van der Waals surface area contributed by atoms with Crippen molar-refractivity contribution in [2.45, 2.75) is 24.4 Å². The van der Waals surface area contributed by atoms with Gasteiger partial charge in [0.1, 0.15) is 36.3 Å². The number of carbonyl (C=O) groups is 1. The number of nitrogen functional groups attached to an aromatic ring is 1. The van der Waals surface area contributed by atoms with E-state index in [-0.39, 0.29) is 6.29 Å². The Balaban J connectivity index is 0.000000406. The number of nitrogens with one attached hydrogen (secondary N) is 1. The fourth-order valence-corrected chi connectivity index (χ4v) is 1.40. The minimum absolute atomic E-state index is 0.0258. The molecule has 0 spiro atoms. The van der Waals surface area contributed by atoms with Crippen LogP contribution in [0.4, 0.5) is 5.82 Å². The summed E-state index contributed by atoms with van der Waals surface area (Å²) in [6, 6.07) is 0. The van der Waals surface area contributed by atoms with Gasteiger partial charge in [0.2, 0.25) is 0 Å². The SMILES string of the molecule is Nc1ncnc2nc[nH]c12.O=CC(O)C(O)C(O)C(O)CO.O=P(O)(O)O. The Morgan fingerprint density at radius 3 is 2.11 bits per heavy atom. The normalized spacial score (nSPS) is 15.4. The Hall–Kier alpha value is -2.07. The molecule has 0 amide bonds. The van der Waals surface area contributed by atoms with E-state index >= 15 is 0 Å². The number of hydrogen-bond donors (Lipinski definition) is 10. The summed E-state index contributed by atoms with van der Waals surface area (Å²) in [7, 11) is -4.64. The van der Waals surface area contributed by atoms with Crippen molar-refractivity contribution >= 4 is 31.1 Å². The first kappa shape index (κ1) is 24.9. The van der Waals surface area contributed by atoms with Crippen LogP contribution in [0.1, 0.15) is 0 Å². The number of imidazole rings is 1. The summed E-state index contributed by atoms with van der Waals surface area (Å²) in [5.74, 6) is 0.433. The second kappa shape index (κ2) is 11.6. The van der Waals surface area contributed by atoms with Crippen LogP contribution in [0.5, 0.6) is 0 Å². The maximum Gasteiger partial charge on any atom is 0.466 e. The van der Waals surface area contributed by atoms with Gasteiger partial charge in [0.05, 0.1) is 12.9 Å². The van der Waals surface area contributed by atoms with Crippen LogP contribution >= 0.6 is 7.82 Å². The molecule has 4 atom stereocenters. The molecular weight excluding hydrogens is 393 g/mol. The van der Waals surface area contributed by atoms with E-state index in [2.05, 4.69) is 19.9 Å². The van der Waals surface area contributed by atoms with Crippen LogP contribution in [-0.2, 0) is 9.36 Å². The van der Waals surface area contributed by atoms with E-state index in [0.717, 1.165) is 0 Å². The van der Waals surface area contributed by atoms with Gasteiger partial charge in [-0.15, -0.1) is 0 Å². The van der Waals surface area contributed by atoms with Crippen LogP contribution in [0.25, 0.3) is 11.2 Å². The summed E-state index contributed by atoms with van der Waals surface area (Å²) < 4.78 is 8.88. The molecule has 16 heteroatoms. The quantitative estimate of drug-likeness (QED) is 0.164. The lowest BCUT2D eigenvalue weighted by Crippen LogP contribution is -2.46. The lowest BCUT2D eigenvalue weighted by atomic mass is 10.0. The number of H-pyrrole nitrogens is 1. The van der Waals surface area contributed by atoms with Crippen molar-refractivity contribution in [2.75, 3.05) is 12.3 Å². The van der Waals surface area contributed by atoms with E-state index in [9.17, 15) is 4.79 Å². The molecule has 11 N–H and O–H groups in total. The Morgan fingerprint density at radius 1 is 1.11 bits per heavy atom. The number of hydrogen-bond acceptors (Lipinski definition) is 11. The molecule has 0 aromatic carbocycles. The highest BCUT2D eigenvalue weighted by atomic mass is 31.2. The Kier molecular flexibility index (Phi) is 10.7. The number of fused-ring (bicyclic) bond motifs is 1. The highest BCUT2D eigenvalue weighted by molar-refractivity contribution is 7.45. The number of aromatic nitrogens is 4. The Labute approximate surface area is 151 Å². The van der Waals surface area contributed by atoms with Crippen LogP contribution in [0, 0.1) is 0 Å². The number of aliphatic hydroxyl groups excluding tert-OH is 5. The first-order valence-corrected chi connectivity index (χ1v) is 8.45. The molecule has 2 heterocycles. The van der Waals surface area contributed by atoms with E-state index in [1.165, 1.54) is 12.7 Å². The number of carbonyl (C=O) groups excluding carboxylic acids is 1. The maximum absolute atomic E-state index is 9.90. The van der Waals surface area contributed by atoms with Gasteiger partial charge in [-0.1, -0.05) is 0 Å². The summed E-state index contributed by atoms with van der Waals surface area (Å²) >= 11 is 0. The van der Waals surface area contributed by atoms with Crippen molar-refractivity contribution in [3.05, 3.63) is 12.7 Å². The van der Waals surface area contributed by atoms with Crippen molar-refractivity contribution in [3.8, 4) is 0 Å². The predicted octanol–water partition coefficient (Wildman–Crippen LogP) is -4.37. The molecule has 0 saturated heterocycles. The minimum atomic E-state index is -4.64. The van der Waals surface area contributed by atoms with Crippen molar-refractivity contribution in [1.29, 1.82) is 0 Å². The number of anilines is 1. The number of nitrogens with two attached hydrogens (primary N) is 1. The molecule has 4 unspecified atom stereocenters. The standard InChI is InChI=1S/C6H12O6.C5H5N5.H3O4P/c7-1-3(9)5(11)6(12)4(10)2-8;6-4-3-5(9-1-7-3)10-2-8-4;1-5(2,3)4/h1,3-6,8-12H,2H2;1-2H,(H3,6,7,8,9,10);(H3,1,2,3,4). The molecule has 0 aliphatic heterocycles. The summed E-state index contributed by atoms with van der Waals surface area (Å²) in [5, 5.41) is 43.5. The molecule has 2 aromatic heterocycles. The Morgan fingerprint density at radius 2 is 1.67 bits per heavy atom. The molecule has 154 valence electrons. The van der Waals surface area contributed by atoms with Crippen LogP contribution < -0.4 is 5.73 Å². The van der Waals surface area contributed by atoms with Crippen LogP contribution in [0.2, 0.25) is 0 Å². The van der Waals surface area contributed by atoms with E-state index in [1.54, 1.807) is 0 Å². The number of aldehydes is 1. The fourth-order valence-electron chi connectivity index (χ4n) is 1.40. The summed E-state index contributed by atoms with van der Waals surface area (Å²) in [6.07, 6.45) is -3.91. The highest BCUT2D eigenvalue weighted by Gasteiger charge is 2.29. The lowest BCUT2D eigenvalue weighted by Gasteiger charge is -2.22. The molecule has 0 saturated carbocycles. The summed E-state index contributed by atoms with van der Waals surface area (Å²) in [6.45, 7) is -0.760. The zero-order chi connectivity index (χ0) is 21.2. The van der Waals surface area contributed by atoms with Gasteiger partial charge < -0.3 is 55.7 Å². The first-order chi connectivity index (χ1) is 12.4. The zero-order valence-corrected chi connectivity index (χ0v) is 14.4. The molecule has 2 rings (SSSR count). The van der Waals surface area contributed by atoms with Crippen LogP contribution in [0.3, 0.4) is 0 Å². The van der Waals surface area contributed by atoms with Gasteiger partial charge >= 0.3 is 7.82 Å². The third kappa shape index (κ3) is 10.00. The van der Waals surface area contributed by atoms with Crippen LogP contribution in [0.15, 0.2) is 12.7 Å².